The summed E-state index contributed by atoms with van der Waals surface area (Å²) < 4.78 is 6.15. The molecule has 1 rings (SSSR count). The van der Waals surface area contributed by atoms with Crippen LogP contribution >= 0.6 is 27.5 Å². The number of ether oxygens (including phenoxy) is 1. The third-order valence-corrected chi connectivity index (χ3v) is 3.29. The number of nitrogens with zero attached hydrogens (tertiary/aromatic N) is 1. The Hall–Kier alpha value is -0.0900. The number of rotatable bonds is 6. The van der Waals surface area contributed by atoms with Crippen LogP contribution in [0.1, 0.15) is 5.56 Å². The fraction of sp³-hybridized carbons (Fsp3) is 0.500. The van der Waals surface area contributed by atoms with Crippen LogP contribution in [0, 0.1) is 0 Å². The summed E-state index contributed by atoms with van der Waals surface area (Å²) in [5, 5.41) is 0.0393. The molecule has 2 nitrogen and oxygen atoms in total. The molecule has 1 aromatic rings. The lowest BCUT2D eigenvalue weighted by Gasteiger charge is -2.20. The van der Waals surface area contributed by atoms with Crippen LogP contribution in [0.4, 0.5) is 0 Å². The van der Waals surface area contributed by atoms with Gasteiger partial charge in [-0.1, -0.05) is 34.1 Å². The fourth-order valence-electron chi connectivity index (χ4n) is 1.55. The van der Waals surface area contributed by atoms with Crippen molar-refractivity contribution in [2.75, 3.05) is 27.3 Å². The van der Waals surface area contributed by atoms with Crippen molar-refractivity contribution in [1.82, 2.24) is 4.90 Å². The van der Waals surface area contributed by atoms with Crippen molar-refractivity contribution >= 4 is 27.5 Å². The minimum atomic E-state index is 0.0393. The highest BCUT2D eigenvalue weighted by atomic mass is 79.9. The average Bonchev–Trinajstić information content (AvgIpc) is 2.21. The van der Waals surface area contributed by atoms with Crippen LogP contribution in [0.2, 0.25) is 0 Å². The van der Waals surface area contributed by atoms with Crippen molar-refractivity contribution in [3.63, 3.8) is 0 Å². The fourth-order valence-corrected chi connectivity index (χ4v) is 2.33. The van der Waals surface area contributed by atoms with E-state index < -0.39 is 0 Å². The number of hydrogen-bond acceptors (Lipinski definition) is 2. The van der Waals surface area contributed by atoms with Gasteiger partial charge in [0.05, 0.1) is 12.0 Å². The molecule has 0 aliphatic rings. The van der Waals surface area contributed by atoms with Gasteiger partial charge in [-0.3, -0.25) is 0 Å². The molecule has 4 heteroatoms. The van der Waals surface area contributed by atoms with Gasteiger partial charge < -0.3 is 9.64 Å². The molecule has 1 aromatic carbocycles. The quantitative estimate of drug-likeness (QED) is 0.749. The molecule has 16 heavy (non-hydrogen) atoms. The van der Waals surface area contributed by atoms with Crippen molar-refractivity contribution in [2.24, 2.45) is 0 Å². The van der Waals surface area contributed by atoms with Gasteiger partial charge in [-0.05, 0) is 18.7 Å². The maximum Gasteiger partial charge on any atom is 0.0696 e. The van der Waals surface area contributed by atoms with Crippen LogP contribution in [-0.2, 0) is 11.3 Å². The van der Waals surface area contributed by atoms with Crippen molar-refractivity contribution < 1.29 is 4.74 Å². The van der Waals surface area contributed by atoms with Gasteiger partial charge in [-0.2, -0.15) is 0 Å². The summed E-state index contributed by atoms with van der Waals surface area (Å²) in [4.78, 5) is 2.19. The van der Waals surface area contributed by atoms with E-state index in [1.807, 2.05) is 12.1 Å². The first-order chi connectivity index (χ1) is 7.63. The summed E-state index contributed by atoms with van der Waals surface area (Å²) in [6, 6.07) is 8.22. The Kier molecular flexibility index (Phi) is 6.36. The lowest BCUT2D eigenvalue weighted by atomic mass is 10.2. The molecule has 0 amide bonds. The Morgan fingerprint density at radius 3 is 2.75 bits per heavy atom. The highest BCUT2D eigenvalue weighted by Gasteiger charge is 2.09. The molecule has 90 valence electrons. The molecule has 1 atom stereocenters. The summed E-state index contributed by atoms with van der Waals surface area (Å²) in [6.45, 7) is 2.28. The minimum absolute atomic E-state index is 0.0393. The lowest BCUT2D eigenvalue weighted by molar-refractivity contribution is 0.181. The van der Waals surface area contributed by atoms with Gasteiger partial charge in [0.2, 0.25) is 0 Å². The van der Waals surface area contributed by atoms with Crippen LogP contribution in [-0.4, -0.2) is 37.6 Å². The van der Waals surface area contributed by atoms with Crippen LogP contribution in [0.25, 0.3) is 0 Å². The van der Waals surface area contributed by atoms with Crippen LogP contribution < -0.4 is 0 Å². The Morgan fingerprint density at radius 1 is 1.44 bits per heavy atom. The van der Waals surface area contributed by atoms with Crippen molar-refractivity contribution in [2.45, 2.75) is 11.9 Å². The van der Waals surface area contributed by atoms with Crippen molar-refractivity contribution in [1.29, 1.82) is 0 Å². The van der Waals surface area contributed by atoms with Crippen LogP contribution in [0.5, 0.6) is 0 Å². The highest BCUT2D eigenvalue weighted by Crippen LogP contribution is 2.17. The normalized spacial score (nSPS) is 13.1. The number of halogens is 2. The Bertz CT molecular complexity index is 322. The van der Waals surface area contributed by atoms with Gasteiger partial charge in [0.15, 0.2) is 0 Å². The molecule has 0 aliphatic carbocycles. The summed E-state index contributed by atoms with van der Waals surface area (Å²) in [6.07, 6.45) is 0. The number of alkyl halides is 1. The molecule has 0 spiro atoms. The van der Waals surface area contributed by atoms with Crippen LogP contribution in [0.15, 0.2) is 28.7 Å². The van der Waals surface area contributed by atoms with E-state index in [1.165, 1.54) is 5.56 Å². The van der Waals surface area contributed by atoms with E-state index in [-0.39, 0.29) is 5.38 Å². The van der Waals surface area contributed by atoms with Gasteiger partial charge in [-0.15, -0.1) is 11.6 Å². The molecule has 0 aromatic heterocycles. The van der Waals surface area contributed by atoms with E-state index in [0.717, 1.165) is 17.6 Å². The Morgan fingerprint density at radius 2 is 2.12 bits per heavy atom. The van der Waals surface area contributed by atoms with Crippen molar-refractivity contribution in [3.8, 4) is 0 Å². The molecule has 0 saturated heterocycles. The number of methoxy groups -OCH3 is 1. The highest BCUT2D eigenvalue weighted by molar-refractivity contribution is 9.10. The Labute approximate surface area is 111 Å². The molecule has 0 aliphatic heterocycles. The first-order valence-electron chi connectivity index (χ1n) is 5.18. The zero-order valence-corrected chi connectivity index (χ0v) is 12.0. The van der Waals surface area contributed by atoms with E-state index in [9.17, 15) is 0 Å². The SMILES string of the molecule is COCC(Cl)CN(C)Cc1ccccc1Br. The zero-order chi connectivity index (χ0) is 12.0. The van der Waals surface area contributed by atoms with E-state index in [1.54, 1.807) is 7.11 Å². The predicted octanol–water partition coefficient (Wildman–Crippen LogP) is 3.13. The second-order valence-corrected chi connectivity index (χ2v) is 5.31. The van der Waals surface area contributed by atoms with Gasteiger partial charge in [0, 0.05) is 24.7 Å². The molecule has 0 radical (unpaired) electrons. The summed E-state index contributed by atoms with van der Waals surface area (Å²) in [5.41, 5.74) is 1.27. The van der Waals surface area contributed by atoms with Gasteiger partial charge in [0.25, 0.3) is 0 Å². The molecule has 0 bridgehead atoms. The van der Waals surface area contributed by atoms with Gasteiger partial charge in [-0.25, -0.2) is 0 Å². The maximum atomic E-state index is 6.10. The zero-order valence-electron chi connectivity index (χ0n) is 9.62. The summed E-state index contributed by atoms with van der Waals surface area (Å²) >= 11 is 9.64. The first-order valence-corrected chi connectivity index (χ1v) is 6.41. The topological polar surface area (TPSA) is 12.5 Å². The third-order valence-electron chi connectivity index (χ3n) is 2.26. The number of benzene rings is 1. The minimum Gasteiger partial charge on any atom is -0.383 e. The second kappa shape index (κ2) is 7.28. The smallest absolute Gasteiger partial charge is 0.0696 e. The summed E-state index contributed by atoms with van der Waals surface area (Å²) in [7, 11) is 3.73. The number of hydrogen-bond donors (Lipinski definition) is 0. The standard InChI is InChI=1S/C12H17BrClNO/c1-15(8-11(14)9-16-2)7-10-5-3-4-6-12(10)13/h3-6,11H,7-9H2,1-2H3. The van der Waals surface area contributed by atoms with E-state index in [0.29, 0.717) is 6.61 Å². The van der Waals surface area contributed by atoms with E-state index in [4.69, 9.17) is 16.3 Å². The van der Waals surface area contributed by atoms with Crippen molar-refractivity contribution in [3.05, 3.63) is 34.3 Å². The molecule has 0 saturated carbocycles. The monoisotopic (exact) mass is 305 g/mol. The second-order valence-electron chi connectivity index (χ2n) is 3.84. The van der Waals surface area contributed by atoms with E-state index in [2.05, 4.69) is 40.0 Å². The van der Waals surface area contributed by atoms with Gasteiger partial charge in [0.1, 0.15) is 0 Å². The lowest BCUT2D eigenvalue weighted by Crippen LogP contribution is -2.28. The van der Waals surface area contributed by atoms with E-state index >= 15 is 0 Å². The molecular formula is C12H17BrClNO. The Balaban J connectivity index is 2.45. The molecule has 1 unspecified atom stereocenters. The third kappa shape index (κ3) is 4.83. The summed E-state index contributed by atoms with van der Waals surface area (Å²) in [5.74, 6) is 0. The molecular weight excluding hydrogens is 289 g/mol. The molecule has 0 N–H and O–H groups in total. The molecule has 0 heterocycles. The maximum absolute atomic E-state index is 6.10. The first kappa shape index (κ1) is 14.0. The largest absolute Gasteiger partial charge is 0.383 e. The van der Waals surface area contributed by atoms with Gasteiger partial charge >= 0.3 is 0 Å². The van der Waals surface area contributed by atoms with Crippen LogP contribution in [0.3, 0.4) is 0 Å². The average molecular weight is 307 g/mol. The molecule has 0 fully saturated rings. The predicted molar refractivity (Wildman–Crippen MR) is 72.0 cm³/mol.